The molecule has 0 radical (unpaired) electrons. The molecule has 19 heavy (non-hydrogen) atoms. The highest BCUT2D eigenvalue weighted by atomic mass is 79.9. The maximum absolute atomic E-state index is 10.8. The van der Waals surface area contributed by atoms with E-state index >= 15 is 0 Å². The van der Waals surface area contributed by atoms with Gasteiger partial charge in [0.05, 0.1) is 21.2 Å². The lowest BCUT2D eigenvalue weighted by atomic mass is 10.2. The Labute approximate surface area is 116 Å². The van der Waals surface area contributed by atoms with E-state index in [4.69, 9.17) is 0 Å². The quantitative estimate of drug-likeness (QED) is 0.530. The SMILES string of the molecule is O=[N+]([O-])c1ccccc1/C=N/Nc1ncc(Br)cn1. The van der Waals surface area contributed by atoms with Crippen molar-refractivity contribution < 1.29 is 4.92 Å². The fourth-order valence-corrected chi connectivity index (χ4v) is 1.50. The van der Waals surface area contributed by atoms with Crippen molar-refractivity contribution in [2.45, 2.75) is 0 Å². The normalized spacial score (nSPS) is 10.6. The summed E-state index contributed by atoms with van der Waals surface area (Å²) in [6.45, 7) is 0. The topological polar surface area (TPSA) is 93.3 Å². The fourth-order valence-electron chi connectivity index (χ4n) is 1.29. The first-order chi connectivity index (χ1) is 9.16. The second-order valence-electron chi connectivity index (χ2n) is 3.41. The molecule has 0 spiro atoms. The van der Waals surface area contributed by atoms with E-state index < -0.39 is 4.92 Å². The highest BCUT2D eigenvalue weighted by Crippen LogP contribution is 2.15. The number of anilines is 1. The van der Waals surface area contributed by atoms with Gasteiger partial charge in [0.1, 0.15) is 0 Å². The molecule has 0 bridgehead atoms. The average Bonchev–Trinajstić information content (AvgIpc) is 2.41. The standard InChI is InChI=1S/C11H8BrN5O2/c12-9-6-13-11(14-7-9)16-15-5-8-3-1-2-4-10(8)17(18)19/h1-7H,(H,13,14,16)/b15-5+. The summed E-state index contributed by atoms with van der Waals surface area (Å²) >= 11 is 3.21. The fraction of sp³-hybridized carbons (Fsp3) is 0. The van der Waals surface area contributed by atoms with E-state index in [9.17, 15) is 10.1 Å². The van der Waals surface area contributed by atoms with Gasteiger partial charge < -0.3 is 0 Å². The number of halogens is 1. The lowest BCUT2D eigenvalue weighted by Gasteiger charge is -1.98. The number of nitro benzene ring substituents is 1. The molecule has 2 rings (SSSR count). The first-order valence-electron chi connectivity index (χ1n) is 5.17. The van der Waals surface area contributed by atoms with Crippen LogP contribution in [0.15, 0.2) is 46.2 Å². The molecule has 8 heteroatoms. The molecule has 7 nitrogen and oxygen atoms in total. The van der Waals surface area contributed by atoms with Crippen LogP contribution in [0.3, 0.4) is 0 Å². The molecule has 0 amide bonds. The van der Waals surface area contributed by atoms with E-state index in [1.165, 1.54) is 12.3 Å². The van der Waals surface area contributed by atoms with Crippen LogP contribution in [0, 0.1) is 10.1 Å². The molecule has 1 heterocycles. The third-order valence-corrected chi connectivity index (χ3v) is 2.53. The van der Waals surface area contributed by atoms with Gasteiger partial charge in [0.2, 0.25) is 5.95 Å². The van der Waals surface area contributed by atoms with Gasteiger partial charge in [-0.05, 0) is 22.0 Å². The van der Waals surface area contributed by atoms with Crippen LogP contribution in [0.5, 0.6) is 0 Å². The van der Waals surface area contributed by atoms with Crippen LogP contribution >= 0.6 is 15.9 Å². The Morgan fingerprint density at radius 3 is 2.68 bits per heavy atom. The molecule has 96 valence electrons. The van der Waals surface area contributed by atoms with Gasteiger partial charge in [0.15, 0.2) is 0 Å². The number of nitrogens with one attached hydrogen (secondary N) is 1. The van der Waals surface area contributed by atoms with Gasteiger partial charge in [0, 0.05) is 18.5 Å². The summed E-state index contributed by atoms with van der Waals surface area (Å²) in [6.07, 6.45) is 4.48. The molecule has 1 aromatic heterocycles. The largest absolute Gasteiger partial charge is 0.278 e. The average molecular weight is 322 g/mol. The molecule has 0 unspecified atom stereocenters. The van der Waals surface area contributed by atoms with Crippen molar-refractivity contribution in [1.29, 1.82) is 0 Å². The van der Waals surface area contributed by atoms with E-state index in [1.807, 2.05) is 0 Å². The van der Waals surface area contributed by atoms with Crippen LogP contribution in [-0.4, -0.2) is 21.1 Å². The number of hydrazone groups is 1. The van der Waals surface area contributed by atoms with Gasteiger partial charge in [-0.1, -0.05) is 12.1 Å². The van der Waals surface area contributed by atoms with Crippen molar-refractivity contribution in [3.05, 3.63) is 56.8 Å². The van der Waals surface area contributed by atoms with Crippen LogP contribution in [0.2, 0.25) is 0 Å². The molecule has 1 N–H and O–H groups in total. The Hall–Kier alpha value is -2.35. The second-order valence-corrected chi connectivity index (χ2v) is 4.33. The van der Waals surface area contributed by atoms with Crippen molar-refractivity contribution in [2.75, 3.05) is 5.43 Å². The summed E-state index contributed by atoms with van der Waals surface area (Å²) in [5.41, 5.74) is 2.98. The molecule has 0 aliphatic rings. The highest BCUT2D eigenvalue weighted by molar-refractivity contribution is 9.10. The van der Waals surface area contributed by atoms with Crippen molar-refractivity contribution >= 4 is 33.8 Å². The van der Waals surface area contributed by atoms with Crippen LogP contribution < -0.4 is 5.43 Å². The minimum absolute atomic E-state index is 0.00947. The summed E-state index contributed by atoms with van der Waals surface area (Å²) in [7, 11) is 0. The van der Waals surface area contributed by atoms with Crippen molar-refractivity contribution in [1.82, 2.24) is 9.97 Å². The third kappa shape index (κ3) is 3.55. The van der Waals surface area contributed by atoms with E-state index in [0.29, 0.717) is 11.5 Å². The smallest absolute Gasteiger partial charge is 0.258 e. The van der Waals surface area contributed by atoms with Crippen LogP contribution in [0.25, 0.3) is 0 Å². The summed E-state index contributed by atoms with van der Waals surface area (Å²) in [5.74, 6) is 0.304. The first-order valence-corrected chi connectivity index (χ1v) is 5.96. The molecule has 1 aromatic carbocycles. The lowest BCUT2D eigenvalue weighted by molar-refractivity contribution is -0.385. The van der Waals surface area contributed by atoms with Gasteiger partial charge in [-0.15, -0.1) is 0 Å². The number of para-hydroxylation sites is 1. The van der Waals surface area contributed by atoms with Crippen LogP contribution in [-0.2, 0) is 0 Å². The van der Waals surface area contributed by atoms with Crippen molar-refractivity contribution in [3.63, 3.8) is 0 Å². The molecule has 0 aliphatic carbocycles. The summed E-state index contributed by atoms with van der Waals surface area (Å²) < 4.78 is 0.751. The Morgan fingerprint density at radius 1 is 1.32 bits per heavy atom. The molecular formula is C11H8BrN5O2. The summed E-state index contributed by atoms with van der Waals surface area (Å²) in [5, 5.41) is 14.7. The van der Waals surface area contributed by atoms with Gasteiger partial charge in [-0.25, -0.2) is 15.4 Å². The predicted octanol–water partition coefficient (Wildman–Crippen LogP) is 2.59. The van der Waals surface area contributed by atoms with Crippen LogP contribution in [0.4, 0.5) is 11.6 Å². The van der Waals surface area contributed by atoms with E-state index in [-0.39, 0.29) is 5.69 Å². The molecule has 0 saturated heterocycles. The number of nitro groups is 1. The molecular weight excluding hydrogens is 314 g/mol. The van der Waals surface area contributed by atoms with E-state index in [0.717, 1.165) is 4.47 Å². The Morgan fingerprint density at radius 2 is 2.00 bits per heavy atom. The van der Waals surface area contributed by atoms with Gasteiger partial charge >= 0.3 is 0 Å². The summed E-state index contributed by atoms with van der Waals surface area (Å²) in [6, 6.07) is 6.31. The second kappa shape index (κ2) is 6.01. The number of hydrogen-bond acceptors (Lipinski definition) is 6. The maximum atomic E-state index is 10.8. The Kier molecular flexibility index (Phi) is 4.14. The molecule has 0 aliphatic heterocycles. The van der Waals surface area contributed by atoms with E-state index in [1.54, 1.807) is 30.6 Å². The van der Waals surface area contributed by atoms with Gasteiger partial charge in [-0.3, -0.25) is 10.1 Å². The summed E-state index contributed by atoms with van der Waals surface area (Å²) in [4.78, 5) is 18.2. The van der Waals surface area contributed by atoms with E-state index in [2.05, 4.69) is 36.4 Å². The Bertz CT molecular complexity index is 615. The zero-order valence-electron chi connectivity index (χ0n) is 9.52. The number of benzene rings is 1. The minimum atomic E-state index is -0.461. The highest BCUT2D eigenvalue weighted by Gasteiger charge is 2.09. The zero-order chi connectivity index (χ0) is 13.7. The van der Waals surface area contributed by atoms with Crippen molar-refractivity contribution in [2.24, 2.45) is 5.10 Å². The van der Waals surface area contributed by atoms with Crippen molar-refractivity contribution in [3.8, 4) is 0 Å². The first kappa shape index (κ1) is 13.1. The number of rotatable bonds is 4. The Balaban J connectivity index is 2.11. The van der Waals surface area contributed by atoms with Crippen LogP contribution in [0.1, 0.15) is 5.56 Å². The molecule has 0 atom stereocenters. The minimum Gasteiger partial charge on any atom is -0.258 e. The molecule has 0 fully saturated rings. The monoisotopic (exact) mass is 321 g/mol. The number of hydrogen-bond donors (Lipinski definition) is 1. The molecule has 0 saturated carbocycles. The lowest BCUT2D eigenvalue weighted by Crippen LogP contribution is -1.98. The third-order valence-electron chi connectivity index (χ3n) is 2.12. The number of nitrogens with zero attached hydrogens (tertiary/aromatic N) is 4. The molecule has 2 aromatic rings. The van der Waals surface area contributed by atoms with Gasteiger partial charge in [0.25, 0.3) is 5.69 Å². The predicted molar refractivity (Wildman–Crippen MR) is 74.0 cm³/mol. The van der Waals surface area contributed by atoms with Gasteiger partial charge in [-0.2, -0.15) is 5.10 Å². The zero-order valence-corrected chi connectivity index (χ0v) is 11.1. The number of aromatic nitrogens is 2. The maximum Gasteiger partial charge on any atom is 0.278 e.